The van der Waals surface area contributed by atoms with E-state index in [0.717, 1.165) is 18.4 Å². The Morgan fingerprint density at radius 1 is 1.21 bits per heavy atom. The van der Waals surface area contributed by atoms with Gasteiger partial charge in [-0.05, 0) is 51.3 Å². The molecular weight excluding hydrogens is 474 g/mol. The summed E-state index contributed by atoms with van der Waals surface area (Å²) in [5.41, 5.74) is 6.60. The number of benzene rings is 1. The van der Waals surface area contributed by atoms with Gasteiger partial charge in [-0.25, -0.2) is 9.18 Å². The SMILES string of the molecule is CC(C)(C)OC(=O)N1CCN(C(N)=NCC2(c3cccc(F)c3)CC2)CC1.I. The molecule has 1 amide bonds. The molecule has 1 saturated carbocycles. The second-order valence-corrected chi connectivity index (χ2v) is 8.42. The van der Waals surface area contributed by atoms with Crippen LogP contribution in [0.5, 0.6) is 0 Å². The highest BCUT2D eigenvalue weighted by Gasteiger charge is 2.44. The van der Waals surface area contributed by atoms with Crippen molar-refractivity contribution in [2.75, 3.05) is 32.7 Å². The molecule has 8 heteroatoms. The standard InChI is InChI=1S/C20H29FN4O2.HI/c1-19(2,3)27-18(26)25-11-9-24(10-12-25)17(22)23-14-20(7-8-20)15-5-4-6-16(21)13-15;/h4-6,13H,7-12,14H2,1-3H3,(H2,22,23);1H. The van der Waals surface area contributed by atoms with Gasteiger partial charge in [0.05, 0.1) is 6.54 Å². The van der Waals surface area contributed by atoms with Gasteiger partial charge >= 0.3 is 6.09 Å². The van der Waals surface area contributed by atoms with Crippen molar-refractivity contribution in [3.63, 3.8) is 0 Å². The number of amides is 1. The van der Waals surface area contributed by atoms with Gasteiger partial charge in [-0.15, -0.1) is 24.0 Å². The van der Waals surface area contributed by atoms with E-state index >= 15 is 0 Å². The van der Waals surface area contributed by atoms with Crippen molar-refractivity contribution in [1.29, 1.82) is 0 Å². The summed E-state index contributed by atoms with van der Waals surface area (Å²) in [5, 5.41) is 0. The number of nitrogens with two attached hydrogens (primary N) is 1. The van der Waals surface area contributed by atoms with Crippen LogP contribution in [0.15, 0.2) is 29.3 Å². The van der Waals surface area contributed by atoms with Crippen molar-refractivity contribution < 1.29 is 13.9 Å². The lowest BCUT2D eigenvalue weighted by Crippen LogP contribution is -2.53. The average Bonchev–Trinajstić information content (AvgIpc) is 3.40. The maximum Gasteiger partial charge on any atom is 0.410 e. The molecule has 2 N–H and O–H groups in total. The van der Waals surface area contributed by atoms with Gasteiger partial charge in [-0.1, -0.05) is 12.1 Å². The number of hydrogen-bond acceptors (Lipinski definition) is 3. The molecule has 6 nitrogen and oxygen atoms in total. The Bertz CT molecular complexity index is 723. The molecule has 1 aromatic carbocycles. The zero-order valence-electron chi connectivity index (χ0n) is 16.8. The van der Waals surface area contributed by atoms with Crippen molar-refractivity contribution in [1.82, 2.24) is 9.80 Å². The number of piperazine rings is 1. The maximum absolute atomic E-state index is 13.5. The fourth-order valence-corrected chi connectivity index (χ4v) is 3.28. The van der Waals surface area contributed by atoms with Crippen LogP contribution in [0.2, 0.25) is 0 Å². The predicted octanol–water partition coefficient (Wildman–Crippen LogP) is 3.34. The second kappa shape index (κ2) is 8.84. The summed E-state index contributed by atoms with van der Waals surface area (Å²) in [7, 11) is 0. The number of hydrogen-bond donors (Lipinski definition) is 1. The lowest BCUT2D eigenvalue weighted by Gasteiger charge is -2.36. The average molecular weight is 504 g/mol. The monoisotopic (exact) mass is 504 g/mol. The molecule has 1 saturated heterocycles. The van der Waals surface area contributed by atoms with Crippen molar-refractivity contribution in [3.05, 3.63) is 35.6 Å². The third kappa shape index (κ3) is 5.71. The normalized spacial score (nSPS) is 19.1. The van der Waals surface area contributed by atoms with Crippen LogP contribution in [0.3, 0.4) is 0 Å². The summed E-state index contributed by atoms with van der Waals surface area (Å²) in [6, 6.07) is 6.76. The number of halogens is 2. The number of aliphatic imine (C=N–C) groups is 1. The van der Waals surface area contributed by atoms with Gasteiger partial charge in [-0.2, -0.15) is 0 Å². The van der Waals surface area contributed by atoms with Crippen LogP contribution in [0.1, 0.15) is 39.2 Å². The van der Waals surface area contributed by atoms with Gasteiger partial charge in [0, 0.05) is 31.6 Å². The smallest absolute Gasteiger partial charge is 0.410 e. The second-order valence-electron chi connectivity index (χ2n) is 8.42. The largest absolute Gasteiger partial charge is 0.444 e. The molecule has 2 aliphatic rings. The minimum Gasteiger partial charge on any atom is -0.444 e. The fourth-order valence-electron chi connectivity index (χ4n) is 3.28. The van der Waals surface area contributed by atoms with Gasteiger partial charge in [0.25, 0.3) is 0 Å². The molecule has 1 heterocycles. The molecule has 1 aromatic rings. The van der Waals surface area contributed by atoms with Crippen LogP contribution in [-0.4, -0.2) is 60.2 Å². The molecule has 2 fully saturated rings. The minimum atomic E-state index is -0.496. The van der Waals surface area contributed by atoms with Crippen LogP contribution < -0.4 is 5.73 Å². The van der Waals surface area contributed by atoms with Crippen LogP contribution >= 0.6 is 24.0 Å². The van der Waals surface area contributed by atoms with E-state index < -0.39 is 5.60 Å². The first kappa shape index (κ1) is 22.7. The first-order valence-electron chi connectivity index (χ1n) is 9.47. The van der Waals surface area contributed by atoms with E-state index in [1.54, 1.807) is 17.0 Å². The molecule has 0 unspecified atom stereocenters. The lowest BCUT2D eigenvalue weighted by atomic mass is 9.96. The number of carbonyl (C=O) groups excluding carboxylic acids is 1. The molecule has 0 radical (unpaired) electrons. The summed E-state index contributed by atoms with van der Waals surface area (Å²) >= 11 is 0. The Labute approximate surface area is 183 Å². The van der Waals surface area contributed by atoms with Gasteiger partial charge in [-0.3, -0.25) is 4.99 Å². The molecule has 28 heavy (non-hydrogen) atoms. The van der Waals surface area contributed by atoms with E-state index in [4.69, 9.17) is 10.5 Å². The number of ether oxygens (including phenoxy) is 1. The summed E-state index contributed by atoms with van der Waals surface area (Å²) in [6.07, 6.45) is 1.71. The van der Waals surface area contributed by atoms with E-state index in [0.29, 0.717) is 38.7 Å². The molecule has 0 atom stereocenters. The molecular formula is C20H30FIN4O2. The van der Waals surface area contributed by atoms with Crippen LogP contribution in [-0.2, 0) is 10.2 Å². The summed E-state index contributed by atoms with van der Waals surface area (Å²) < 4.78 is 18.9. The summed E-state index contributed by atoms with van der Waals surface area (Å²) in [6.45, 7) is 8.51. The summed E-state index contributed by atoms with van der Waals surface area (Å²) in [5.74, 6) is 0.274. The molecule has 1 aliphatic carbocycles. The Kier molecular flexibility index (Phi) is 7.17. The van der Waals surface area contributed by atoms with Crippen molar-refractivity contribution in [2.24, 2.45) is 10.7 Å². The number of nitrogens with zero attached hydrogens (tertiary/aromatic N) is 3. The molecule has 156 valence electrons. The highest BCUT2D eigenvalue weighted by atomic mass is 127. The molecule has 0 bridgehead atoms. The Hall–Kier alpha value is -1.58. The van der Waals surface area contributed by atoms with E-state index in [-0.39, 0.29) is 41.3 Å². The molecule has 3 rings (SSSR count). The van der Waals surface area contributed by atoms with Gasteiger partial charge < -0.3 is 20.3 Å². The zero-order valence-corrected chi connectivity index (χ0v) is 19.1. The Balaban J connectivity index is 0.00000280. The van der Waals surface area contributed by atoms with Crippen LogP contribution in [0, 0.1) is 5.82 Å². The first-order chi connectivity index (χ1) is 12.7. The van der Waals surface area contributed by atoms with E-state index in [1.165, 1.54) is 6.07 Å². The number of guanidine groups is 1. The molecule has 1 aliphatic heterocycles. The Morgan fingerprint density at radius 3 is 2.36 bits per heavy atom. The summed E-state index contributed by atoms with van der Waals surface area (Å²) in [4.78, 5) is 20.4. The lowest BCUT2D eigenvalue weighted by molar-refractivity contribution is 0.0186. The van der Waals surface area contributed by atoms with Crippen molar-refractivity contribution in [3.8, 4) is 0 Å². The van der Waals surface area contributed by atoms with Crippen LogP contribution in [0.25, 0.3) is 0 Å². The first-order valence-corrected chi connectivity index (χ1v) is 9.47. The van der Waals surface area contributed by atoms with Crippen molar-refractivity contribution >= 4 is 36.0 Å². The fraction of sp³-hybridized carbons (Fsp3) is 0.600. The van der Waals surface area contributed by atoms with Crippen molar-refractivity contribution in [2.45, 2.75) is 44.6 Å². The molecule has 0 aromatic heterocycles. The van der Waals surface area contributed by atoms with E-state index in [1.807, 2.05) is 31.7 Å². The number of rotatable bonds is 3. The zero-order chi connectivity index (χ0) is 19.7. The van der Waals surface area contributed by atoms with Crippen LogP contribution in [0.4, 0.5) is 9.18 Å². The van der Waals surface area contributed by atoms with Gasteiger partial charge in [0.1, 0.15) is 11.4 Å². The quantitative estimate of drug-likeness (QED) is 0.390. The third-order valence-electron chi connectivity index (χ3n) is 5.09. The molecule has 0 spiro atoms. The Morgan fingerprint density at radius 2 is 1.82 bits per heavy atom. The number of carbonyl (C=O) groups is 1. The maximum atomic E-state index is 13.5. The highest BCUT2D eigenvalue weighted by Crippen LogP contribution is 2.48. The van der Waals surface area contributed by atoms with Gasteiger partial charge in [0.15, 0.2) is 5.96 Å². The van der Waals surface area contributed by atoms with E-state index in [2.05, 4.69) is 4.99 Å². The topological polar surface area (TPSA) is 71.2 Å². The van der Waals surface area contributed by atoms with Gasteiger partial charge in [0.2, 0.25) is 0 Å². The predicted molar refractivity (Wildman–Crippen MR) is 119 cm³/mol. The third-order valence-corrected chi connectivity index (χ3v) is 5.09. The highest BCUT2D eigenvalue weighted by molar-refractivity contribution is 14.0. The van der Waals surface area contributed by atoms with E-state index in [9.17, 15) is 9.18 Å². The minimum absolute atomic E-state index is 0.